The van der Waals surface area contributed by atoms with Crippen LogP contribution in [0.3, 0.4) is 0 Å². The second kappa shape index (κ2) is 4.58. The molecule has 0 amide bonds. The number of ether oxygens (including phenoxy) is 1. The maximum absolute atomic E-state index is 11.7. The van der Waals surface area contributed by atoms with Gasteiger partial charge >= 0.3 is 5.97 Å². The lowest BCUT2D eigenvalue weighted by molar-refractivity contribution is -0.141. The largest absolute Gasteiger partial charge is 0.469 e. The predicted octanol–water partition coefficient (Wildman–Crippen LogP) is 2.09. The number of methoxy groups -OCH3 is 1. The first-order valence-electron chi connectivity index (χ1n) is 5.25. The van der Waals surface area contributed by atoms with Crippen molar-refractivity contribution in [3.05, 3.63) is 0 Å². The van der Waals surface area contributed by atoms with Gasteiger partial charge in [0.1, 0.15) is 5.78 Å². The number of Topliss-reactive ketones (excluding diaryl/α,β-unsaturated/α-hetero) is 1. The van der Waals surface area contributed by atoms with Gasteiger partial charge < -0.3 is 4.74 Å². The lowest BCUT2D eigenvalue weighted by Crippen LogP contribution is -2.25. The molecule has 0 N–H and O–H groups in total. The van der Waals surface area contributed by atoms with Crippen molar-refractivity contribution in [2.75, 3.05) is 7.11 Å². The van der Waals surface area contributed by atoms with E-state index in [4.69, 9.17) is 0 Å². The maximum Gasteiger partial charge on any atom is 0.305 e. The summed E-state index contributed by atoms with van der Waals surface area (Å²) in [5.74, 6) is 0.126. The Labute approximate surface area is 84.8 Å². The van der Waals surface area contributed by atoms with E-state index in [2.05, 4.69) is 4.74 Å². The molecule has 0 aromatic carbocycles. The Morgan fingerprint density at radius 2 is 2.29 bits per heavy atom. The number of carbonyl (C=O) groups is 2. The number of rotatable bonds is 4. The molecule has 3 heteroatoms. The number of carbonyl (C=O) groups excluding carboxylic acids is 2. The van der Waals surface area contributed by atoms with Crippen molar-refractivity contribution in [3.8, 4) is 0 Å². The van der Waals surface area contributed by atoms with E-state index in [1.807, 2.05) is 6.92 Å². The van der Waals surface area contributed by atoms with Gasteiger partial charge in [-0.25, -0.2) is 0 Å². The smallest absolute Gasteiger partial charge is 0.305 e. The Morgan fingerprint density at radius 1 is 1.57 bits per heavy atom. The van der Waals surface area contributed by atoms with Crippen LogP contribution in [0.4, 0.5) is 0 Å². The average Bonchev–Trinajstić information content (AvgIpc) is 2.57. The minimum absolute atomic E-state index is 0.211. The van der Waals surface area contributed by atoms with Crippen molar-refractivity contribution in [2.45, 2.75) is 45.4 Å². The number of hydrogen-bond acceptors (Lipinski definition) is 3. The van der Waals surface area contributed by atoms with Gasteiger partial charge in [0, 0.05) is 18.3 Å². The second-order valence-electron chi connectivity index (χ2n) is 3.99. The summed E-state index contributed by atoms with van der Waals surface area (Å²) in [5.41, 5.74) is -0.214. The zero-order chi connectivity index (χ0) is 10.6. The molecule has 0 aliphatic heterocycles. The van der Waals surface area contributed by atoms with E-state index in [-0.39, 0.29) is 11.4 Å². The molecule has 3 nitrogen and oxygen atoms in total. The molecule has 0 heterocycles. The Morgan fingerprint density at radius 3 is 2.71 bits per heavy atom. The number of hydrogen-bond donors (Lipinski definition) is 0. The monoisotopic (exact) mass is 198 g/mol. The van der Waals surface area contributed by atoms with Crippen LogP contribution in [0.15, 0.2) is 0 Å². The quantitative estimate of drug-likeness (QED) is 0.650. The summed E-state index contributed by atoms with van der Waals surface area (Å²) in [6, 6.07) is 0. The van der Waals surface area contributed by atoms with Crippen LogP contribution in [-0.2, 0) is 14.3 Å². The van der Waals surface area contributed by atoms with Crippen molar-refractivity contribution in [1.29, 1.82) is 0 Å². The van der Waals surface area contributed by atoms with E-state index in [1.54, 1.807) is 0 Å². The lowest BCUT2D eigenvalue weighted by Gasteiger charge is -2.24. The Kier molecular flexibility index (Phi) is 3.67. The van der Waals surface area contributed by atoms with Crippen LogP contribution in [0.25, 0.3) is 0 Å². The molecule has 1 rings (SSSR count). The fraction of sp³-hybridized carbons (Fsp3) is 0.818. The third-order valence-corrected chi connectivity index (χ3v) is 3.36. The third kappa shape index (κ3) is 2.14. The van der Waals surface area contributed by atoms with Crippen molar-refractivity contribution in [2.24, 2.45) is 5.41 Å². The van der Waals surface area contributed by atoms with Gasteiger partial charge in [-0.1, -0.05) is 6.92 Å². The number of esters is 1. The van der Waals surface area contributed by atoms with Gasteiger partial charge in [0.25, 0.3) is 0 Å². The van der Waals surface area contributed by atoms with E-state index in [0.717, 1.165) is 19.3 Å². The molecule has 80 valence electrons. The molecule has 14 heavy (non-hydrogen) atoms. The molecule has 0 saturated heterocycles. The minimum atomic E-state index is -0.214. The first kappa shape index (κ1) is 11.2. The van der Waals surface area contributed by atoms with E-state index in [1.165, 1.54) is 7.11 Å². The normalized spacial score (nSPS) is 26.6. The van der Waals surface area contributed by atoms with Crippen molar-refractivity contribution in [3.63, 3.8) is 0 Å². The van der Waals surface area contributed by atoms with Gasteiger partial charge in [-0.15, -0.1) is 0 Å². The molecule has 1 unspecified atom stereocenters. The number of ketones is 1. The molecular weight excluding hydrogens is 180 g/mol. The first-order chi connectivity index (χ1) is 6.64. The SMILES string of the molecule is CCC1(CCC(=O)OC)CCCC1=O. The summed E-state index contributed by atoms with van der Waals surface area (Å²) in [6.07, 6.45) is 4.50. The highest BCUT2D eigenvalue weighted by Gasteiger charge is 2.40. The van der Waals surface area contributed by atoms with Crippen LogP contribution in [0.2, 0.25) is 0 Å². The topological polar surface area (TPSA) is 43.4 Å². The molecule has 1 fully saturated rings. The highest BCUT2D eigenvalue weighted by atomic mass is 16.5. The van der Waals surface area contributed by atoms with Gasteiger partial charge in [-0.3, -0.25) is 9.59 Å². The average molecular weight is 198 g/mol. The first-order valence-corrected chi connectivity index (χ1v) is 5.25. The molecule has 0 aromatic heterocycles. The van der Waals surface area contributed by atoms with E-state index in [9.17, 15) is 9.59 Å². The Balaban J connectivity index is 2.53. The van der Waals surface area contributed by atoms with Gasteiger partial charge in [0.05, 0.1) is 7.11 Å². The van der Waals surface area contributed by atoms with Crippen LogP contribution in [-0.4, -0.2) is 18.9 Å². The second-order valence-corrected chi connectivity index (χ2v) is 3.99. The van der Waals surface area contributed by atoms with Gasteiger partial charge in [-0.05, 0) is 25.7 Å². The third-order valence-electron chi connectivity index (χ3n) is 3.36. The summed E-state index contributed by atoms with van der Waals surface area (Å²) in [7, 11) is 1.39. The van der Waals surface area contributed by atoms with Crippen molar-refractivity contribution >= 4 is 11.8 Å². The summed E-state index contributed by atoms with van der Waals surface area (Å²) < 4.78 is 4.58. The molecule has 1 saturated carbocycles. The summed E-state index contributed by atoms with van der Waals surface area (Å²) in [6.45, 7) is 2.03. The zero-order valence-corrected chi connectivity index (χ0v) is 8.97. The highest BCUT2D eigenvalue weighted by molar-refractivity contribution is 5.87. The molecular formula is C11H18O3. The summed E-state index contributed by atoms with van der Waals surface area (Å²) >= 11 is 0. The van der Waals surface area contributed by atoms with E-state index < -0.39 is 0 Å². The van der Waals surface area contributed by atoms with Gasteiger partial charge in [-0.2, -0.15) is 0 Å². The van der Waals surface area contributed by atoms with Crippen LogP contribution in [0.1, 0.15) is 45.4 Å². The van der Waals surface area contributed by atoms with Crippen molar-refractivity contribution < 1.29 is 14.3 Å². The predicted molar refractivity (Wildman–Crippen MR) is 52.8 cm³/mol. The van der Waals surface area contributed by atoms with E-state index in [0.29, 0.717) is 25.0 Å². The summed E-state index contributed by atoms with van der Waals surface area (Å²) in [5, 5.41) is 0. The maximum atomic E-state index is 11.7. The molecule has 0 aromatic rings. The molecule has 0 spiro atoms. The molecule has 1 atom stereocenters. The molecule has 0 bridgehead atoms. The highest BCUT2D eigenvalue weighted by Crippen LogP contribution is 2.41. The molecule has 1 aliphatic carbocycles. The fourth-order valence-electron chi connectivity index (χ4n) is 2.25. The van der Waals surface area contributed by atoms with Gasteiger partial charge in [0.2, 0.25) is 0 Å². The standard InChI is InChI=1S/C11H18O3/c1-3-11(7-4-5-9(11)12)8-6-10(13)14-2/h3-8H2,1-2H3. The Hall–Kier alpha value is -0.860. The zero-order valence-electron chi connectivity index (χ0n) is 8.97. The van der Waals surface area contributed by atoms with Crippen LogP contribution >= 0.6 is 0 Å². The lowest BCUT2D eigenvalue weighted by atomic mass is 9.78. The van der Waals surface area contributed by atoms with Crippen LogP contribution < -0.4 is 0 Å². The molecule has 1 aliphatic rings. The molecule has 0 radical (unpaired) electrons. The van der Waals surface area contributed by atoms with Gasteiger partial charge in [0.15, 0.2) is 0 Å². The van der Waals surface area contributed by atoms with Crippen LogP contribution in [0.5, 0.6) is 0 Å². The van der Waals surface area contributed by atoms with Crippen LogP contribution in [0, 0.1) is 5.41 Å². The minimum Gasteiger partial charge on any atom is -0.469 e. The van der Waals surface area contributed by atoms with E-state index >= 15 is 0 Å². The summed E-state index contributed by atoms with van der Waals surface area (Å²) in [4.78, 5) is 22.7. The van der Waals surface area contributed by atoms with Crippen molar-refractivity contribution in [1.82, 2.24) is 0 Å². The Bertz CT molecular complexity index is 235. The fourth-order valence-corrected chi connectivity index (χ4v) is 2.25.